The molecule has 1 N–H and O–H groups in total. The molecular formula is C21H20N6O2. The van der Waals surface area contributed by atoms with Gasteiger partial charge in [0.1, 0.15) is 23.1 Å². The Balaban J connectivity index is 1.67. The standard InChI is InChI=1S/C21H20N6O2/c1-13-23-11-14(12-24-13)19(28)27-9-7-21(17(27)18-22-8-10-26(18)2)15-5-3-4-6-16(15)25-20(21)29/h3-6,8,10-12,17H,7,9H2,1-2H3,(H,25,29)/t17-,21+/m0/s1. The molecule has 2 amide bonds. The molecule has 2 aromatic heterocycles. The summed E-state index contributed by atoms with van der Waals surface area (Å²) >= 11 is 0. The van der Waals surface area contributed by atoms with Gasteiger partial charge in [-0.1, -0.05) is 18.2 Å². The number of amides is 2. The van der Waals surface area contributed by atoms with Crippen molar-refractivity contribution in [1.29, 1.82) is 0 Å². The van der Waals surface area contributed by atoms with Crippen molar-refractivity contribution in [2.45, 2.75) is 24.8 Å². The van der Waals surface area contributed by atoms with Gasteiger partial charge < -0.3 is 14.8 Å². The first kappa shape index (κ1) is 17.5. The van der Waals surface area contributed by atoms with Crippen LogP contribution in [0, 0.1) is 6.92 Å². The van der Waals surface area contributed by atoms with Crippen LogP contribution in [0.4, 0.5) is 5.69 Å². The van der Waals surface area contributed by atoms with Crippen LogP contribution in [0.25, 0.3) is 0 Å². The smallest absolute Gasteiger partial charge is 0.257 e. The number of nitrogens with one attached hydrogen (secondary N) is 1. The molecule has 1 fully saturated rings. The number of anilines is 1. The van der Waals surface area contributed by atoms with E-state index in [1.165, 1.54) is 12.4 Å². The van der Waals surface area contributed by atoms with Crippen molar-refractivity contribution in [3.8, 4) is 0 Å². The fraction of sp³-hybridized carbons (Fsp3) is 0.286. The van der Waals surface area contributed by atoms with Crippen molar-refractivity contribution in [3.63, 3.8) is 0 Å². The van der Waals surface area contributed by atoms with Gasteiger partial charge in [-0.2, -0.15) is 0 Å². The van der Waals surface area contributed by atoms with Crippen molar-refractivity contribution in [2.24, 2.45) is 7.05 Å². The molecule has 8 nitrogen and oxygen atoms in total. The molecule has 2 aliphatic heterocycles. The Morgan fingerprint density at radius 1 is 1.21 bits per heavy atom. The van der Waals surface area contributed by atoms with Gasteiger partial charge in [0.15, 0.2) is 0 Å². The van der Waals surface area contributed by atoms with Gasteiger partial charge in [0.25, 0.3) is 5.91 Å². The van der Waals surface area contributed by atoms with Gasteiger partial charge in [-0.15, -0.1) is 0 Å². The van der Waals surface area contributed by atoms with E-state index in [-0.39, 0.29) is 11.8 Å². The summed E-state index contributed by atoms with van der Waals surface area (Å²) in [5.41, 5.74) is 1.23. The number of imidazole rings is 1. The molecule has 1 spiro atoms. The summed E-state index contributed by atoms with van der Waals surface area (Å²) in [6, 6.07) is 7.16. The molecular weight excluding hydrogens is 368 g/mol. The number of hydrogen-bond acceptors (Lipinski definition) is 5. The van der Waals surface area contributed by atoms with E-state index in [2.05, 4.69) is 20.3 Å². The molecule has 2 aliphatic rings. The Hall–Kier alpha value is -3.55. The lowest BCUT2D eigenvalue weighted by atomic mass is 9.74. The zero-order valence-electron chi connectivity index (χ0n) is 16.2. The highest BCUT2D eigenvalue weighted by molar-refractivity contribution is 6.08. The van der Waals surface area contributed by atoms with Gasteiger partial charge in [0, 0.05) is 44.1 Å². The third-order valence-corrected chi connectivity index (χ3v) is 5.98. The summed E-state index contributed by atoms with van der Waals surface area (Å²) in [6.07, 6.45) is 7.11. The van der Waals surface area contributed by atoms with Gasteiger partial charge in [-0.05, 0) is 25.0 Å². The maximum atomic E-state index is 13.4. The maximum Gasteiger partial charge on any atom is 0.257 e. The third-order valence-electron chi connectivity index (χ3n) is 5.98. The number of aryl methyl sites for hydroxylation is 2. The van der Waals surface area contributed by atoms with Crippen molar-refractivity contribution in [1.82, 2.24) is 24.4 Å². The molecule has 2 atom stereocenters. The van der Waals surface area contributed by atoms with Crippen LogP contribution >= 0.6 is 0 Å². The molecule has 1 saturated heterocycles. The van der Waals surface area contributed by atoms with Crippen molar-refractivity contribution < 1.29 is 9.59 Å². The van der Waals surface area contributed by atoms with Crippen molar-refractivity contribution >= 4 is 17.5 Å². The lowest BCUT2D eigenvalue weighted by molar-refractivity contribution is -0.121. The lowest BCUT2D eigenvalue weighted by Gasteiger charge is -2.33. The number of carbonyl (C=O) groups excluding carboxylic acids is 2. The van der Waals surface area contributed by atoms with Crippen molar-refractivity contribution in [2.75, 3.05) is 11.9 Å². The van der Waals surface area contributed by atoms with Gasteiger partial charge in [-0.25, -0.2) is 15.0 Å². The third kappa shape index (κ3) is 2.41. The second-order valence-electron chi connectivity index (χ2n) is 7.54. The van der Waals surface area contributed by atoms with Gasteiger partial charge in [0.2, 0.25) is 5.91 Å². The molecule has 0 unspecified atom stereocenters. The van der Waals surface area contributed by atoms with Gasteiger partial charge in [-0.3, -0.25) is 9.59 Å². The van der Waals surface area contributed by atoms with E-state index in [4.69, 9.17) is 0 Å². The highest BCUT2D eigenvalue weighted by Crippen LogP contribution is 2.54. The van der Waals surface area contributed by atoms with E-state index in [1.54, 1.807) is 18.0 Å². The van der Waals surface area contributed by atoms with Crippen LogP contribution in [0.15, 0.2) is 49.1 Å². The zero-order valence-corrected chi connectivity index (χ0v) is 16.2. The number of carbonyl (C=O) groups is 2. The average Bonchev–Trinajstić information content (AvgIpc) is 3.39. The maximum absolute atomic E-state index is 13.4. The molecule has 8 heteroatoms. The van der Waals surface area contributed by atoms with Crippen molar-refractivity contribution in [3.05, 3.63) is 71.8 Å². The topological polar surface area (TPSA) is 93.0 Å². The van der Waals surface area contributed by atoms with E-state index in [0.717, 1.165) is 11.3 Å². The Morgan fingerprint density at radius 2 is 1.97 bits per heavy atom. The number of likely N-dealkylation sites (tertiary alicyclic amines) is 1. The average molecular weight is 388 g/mol. The number of nitrogens with zero attached hydrogens (tertiary/aromatic N) is 5. The number of para-hydroxylation sites is 1. The molecule has 0 saturated carbocycles. The Morgan fingerprint density at radius 3 is 2.69 bits per heavy atom. The second-order valence-corrected chi connectivity index (χ2v) is 7.54. The van der Waals surface area contributed by atoms with E-state index >= 15 is 0 Å². The van der Waals surface area contributed by atoms with Crippen LogP contribution < -0.4 is 5.32 Å². The van der Waals surface area contributed by atoms with Crippen LogP contribution in [0.2, 0.25) is 0 Å². The predicted octanol–water partition coefficient (Wildman–Crippen LogP) is 2.00. The summed E-state index contributed by atoms with van der Waals surface area (Å²) in [5.74, 6) is 0.981. The highest BCUT2D eigenvalue weighted by atomic mass is 16.2. The zero-order chi connectivity index (χ0) is 20.2. The molecule has 4 heterocycles. The molecule has 146 valence electrons. The lowest BCUT2D eigenvalue weighted by Crippen LogP contribution is -2.43. The van der Waals surface area contributed by atoms with Gasteiger partial charge >= 0.3 is 0 Å². The molecule has 0 bridgehead atoms. The van der Waals surface area contributed by atoms with Gasteiger partial charge in [0.05, 0.1) is 5.56 Å². The number of fused-ring (bicyclic) bond motifs is 2. The second kappa shape index (κ2) is 6.23. The van der Waals surface area contributed by atoms with E-state index in [1.807, 2.05) is 42.1 Å². The SMILES string of the molecule is Cc1ncc(C(=O)N2CC[C@]3(C(=O)Nc4ccccc43)[C@@H]2c2nccn2C)cn1. The predicted molar refractivity (Wildman–Crippen MR) is 105 cm³/mol. The first-order valence-electron chi connectivity index (χ1n) is 9.50. The molecule has 0 aliphatic carbocycles. The largest absolute Gasteiger partial charge is 0.336 e. The van der Waals surface area contributed by atoms with E-state index in [9.17, 15) is 9.59 Å². The fourth-order valence-corrected chi connectivity index (χ4v) is 4.57. The Kier molecular flexibility index (Phi) is 3.77. The van der Waals surface area contributed by atoms with E-state index < -0.39 is 11.5 Å². The Labute approximate surface area is 167 Å². The molecule has 1 aromatic carbocycles. The Bertz CT molecular complexity index is 1120. The molecule has 5 rings (SSSR count). The number of hydrogen-bond donors (Lipinski definition) is 1. The van der Waals surface area contributed by atoms with Crippen LogP contribution in [-0.2, 0) is 17.3 Å². The van der Waals surface area contributed by atoms with Crippen LogP contribution in [0.1, 0.15) is 40.0 Å². The summed E-state index contributed by atoms with van der Waals surface area (Å²) < 4.78 is 1.87. The normalized spacial score (nSPS) is 22.8. The van der Waals surface area contributed by atoms with Crippen LogP contribution in [0.3, 0.4) is 0 Å². The minimum absolute atomic E-state index is 0.0952. The quantitative estimate of drug-likeness (QED) is 0.725. The van der Waals surface area contributed by atoms with E-state index in [0.29, 0.717) is 30.2 Å². The number of rotatable bonds is 2. The molecule has 3 aromatic rings. The first-order valence-corrected chi connectivity index (χ1v) is 9.50. The summed E-state index contributed by atoms with van der Waals surface area (Å²) in [7, 11) is 1.88. The minimum Gasteiger partial charge on any atom is -0.336 e. The minimum atomic E-state index is -0.878. The summed E-state index contributed by atoms with van der Waals surface area (Å²) in [5, 5.41) is 3.01. The summed E-state index contributed by atoms with van der Waals surface area (Å²) in [6.45, 7) is 2.21. The molecule has 0 radical (unpaired) electrons. The summed E-state index contributed by atoms with van der Waals surface area (Å²) in [4.78, 5) is 41.3. The van der Waals surface area contributed by atoms with Crippen LogP contribution in [-0.4, -0.2) is 42.8 Å². The monoisotopic (exact) mass is 388 g/mol. The first-order chi connectivity index (χ1) is 14.0. The number of aromatic nitrogens is 4. The molecule has 29 heavy (non-hydrogen) atoms. The van der Waals surface area contributed by atoms with Crippen LogP contribution in [0.5, 0.6) is 0 Å². The number of benzene rings is 1. The highest BCUT2D eigenvalue weighted by Gasteiger charge is 2.60. The fourth-order valence-electron chi connectivity index (χ4n) is 4.57.